The number of nitrogens with one attached hydrogen (secondary N) is 2. The van der Waals surface area contributed by atoms with Gasteiger partial charge in [-0.15, -0.1) is 5.10 Å². The molecule has 4 aliphatic rings. The summed E-state index contributed by atoms with van der Waals surface area (Å²) in [6.45, 7) is 4.44. The highest BCUT2D eigenvalue weighted by Crippen LogP contribution is 2.41. The van der Waals surface area contributed by atoms with Crippen LogP contribution < -0.4 is 15.6 Å². The maximum Gasteiger partial charge on any atom is 0.417 e. The first-order chi connectivity index (χ1) is 22.0. The molecule has 3 fully saturated rings. The average molecular weight is 661 g/mol. The molecule has 0 saturated carbocycles. The highest BCUT2D eigenvalue weighted by Gasteiger charge is 2.49. The van der Waals surface area contributed by atoms with Crippen LogP contribution in [0.5, 0.6) is 0 Å². The molecule has 2 bridgehead atoms. The van der Waals surface area contributed by atoms with Crippen molar-refractivity contribution >= 4 is 33.2 Å². The molecular formula is C29H35F3N10O3S. The molecule has 4 aliphatic heterocycles. The van der Waals surface area contributed by atoms with Crippen molar-refractivity contribution < 1.29 is 26.4 Å². The number of benzene rings is 1. The fourth-order valence-electron chi connectivity index (χ4n) is 6.77. The summed E-state index contributed by atoms with van der Waals surface area (Å²) in [7, 11) is -2.34. The van der Waals surface area contributed by atoms with Gasteiger partial charge in [0.05, 0.1) is 28.4 Å². The van der Waals surface area contributed by atoms with Crippen LogP contribution in [0.15, 0.2) is 59.4 Å². The zero-order valence-electron chi connectivity index (χ0n) is 25.2. The van der Waals surface area contributed by atoms with Gasteiger partial charge in [-0.1, -0.05) is 12.1 Å². The third-order valence-electron chi connectivity index (χ3n) is 9.06. The number of nitrogens with zero attached hydrogens (tertiary/aromatic N) is 8. The van der Waals surface area contributed by atoms with Gasteiger partial charge in [-0.3, -0.25) is 4.79 Å². The number of aromatic nitrogens is 3. The summed E-state index contributed by atoms with van der Waals surface area (Å²) in [5, 5.41) is 9.54. The van der Waals surface area contributed by atoms with Crippen LogP contribution in [-0.4, -0.2) is 120 Å². The van der Waals surface area contributed by atoms with E-state index in [-0.39, 0.29) is 12.5 Å². The number of alkyl halides is 3. The van der Waals surface area contributed by atoms with Crippen LogP contribution in [0.4, 0.5) is 24.8 Å². The lowest BCUT2D eigenvalue weighted by Crippen LogP contribution is -2.56. The number of pyridine rings is 1. The van der Waals surface area contributed by atoms with E-state index in [1.54, 1.807) is 15.7 Å². The third kappa shape index (κ3) is 5.76. The second-order valence-electron chi connectivity index (χ2n) is 12.1. The Bertz CT molecular complexity index is 1760. The summed E-state index contributed by atoms with van der Waals surface area (Å²) in [5.41, 5.74) is 4.15. The summed E-state index contributed by atoms with van der Waals surface area (Å²) in [6.07, 6.45) is -0.0968. The number of amides is 1. The van der Waals surface area contributed by atoms with Gasteiger partial charge < -0.3 is 25.0 Å². The Morgan fingerprint density at radius 1 is 1.04 bits per heavy atom. The van der Waals surface area contributed by atoms with Gasteiger partial charge in [0.25, 0.3) is 0 Å². The lowest BCUT2D eigenvalue weighted by molar-refractivity contribution is -0.140. The molecule has 246 valence electrons. The molecule has 0 radical (unpaired) electrons. The number of rotatable bonds is 7. The van der Waals surface area contributed by atoms with Gasteiger partial charge in [-0.2, -0.15) is 22.5 Å². The molecule has 7 rings (SSSR count). The second kappa shape index (κ2) is 11.7. The molecule has 2 unspecified atom stereocenters. The minimum Gasteiger partial charge on any atom is -0.365 e. The van der Waals surface area contributed by atoms with E-state index >= 15 is 0 Å². The quantitative estimate of drug-likeness (QED) is 0.387. The first-order valence-corrected chi connectivity index (χ1v) is 16.7. The fourth-order valence-corrected chi connectivity index (χ4v) is 8.84. The summed E-state index contributed by atoms with van der Waals surface area (Å²) >= 11 is 0. The molecule has 0 aliphatic carbocycles. The van der Waals surface area contributed by atoms with Crippen LogP contribution >= 0.6 is 0 Å². The second-order valence-corrected chi connectivity index (χ2v) is 14.0. The van der Waals surface area contributed by atoms with Crippen LogP contribution in [0.3, 0.4) is 0 Å². The van der Waals surface area contributed by atoms with E-state index in [4.69, 9.17) is 4.98 Å². The molecule has 3 aromatic rings. The number of hydrogen-bond acceptors (Lipinski definition) is 10. The van der Waals surface area contributed by atoms with Crippen LogP contribution in [0.25, 0.3) is 5.65 Å². The molecule has 2 aromatic heterocycles. The Kier molecular flexibility index (Phi) is 7.81. The van der Waals surface area contributed by atoms with Crippen LogP contribution in [-0.2, 0) is 21.0 Å². The molecular weight excluding hydrogens is 625 g/mol. The summed E-state index contributed by atoms with van der Waals surface area (Å²) in [5.74, 6) is 0.417. The van der Waals surface area contributed by atoms with Gasteiger partial charge in [0.1, 0.15) is 6.54 Å². The van der Waals surface area contributed by atoms with Gasteiger partial charge in [0.2, 0.25) is 21.9 Å². The SMILES string of the molecule is CN1CCN(C(=O)CN2C=C(Nc3nc4c(N5CC6CCC(C5)N6S(=O)(=O)c5ccccc5C(F)(F)F)cccn4n3)CN2)CC1. The maximum atomic E-state index is 13.7. The van der Waals surface area contributed by atoms with E-state index < -0.39 is 38.7 Å². The molecule has 1 aromatic carbocycles. The first kappa shape index (κ1) is 30.7. The maximum absolute atomic E-state index is 13.7. The Hall–Kier alpha value is -3.93. The Morgan fingerprint density at radius 2 is 1.76 bits per heavy atom. The number of hydrogen-bond donors (Lipinski definition) is 2. The molecule has 13 nitrogen and oxygen atoms in total. The van der Waals surface area contributed by atoms with Crippen LogP contribution in [0.1, 0.15) is 18.4 Å². The monoisotopic (exact) mass is 660 g/mol. The number of halogens is 3. The molecule has 46 heavy (non-hydrogen) atoms. The Labute approximate surface area is 264 Å². The zero-order chi connectivity index (χ0) is 32.2. The largest absolute Gasteiger partial charge is 0.417 e. The fraction of sp³-hybridized carbons (Fsp3) is 0.483. The van der Waals surface area contributed by atoms with E-state index in [0.717, 1.165) is 36.6 Å². The van der Waals surface area contributed by atoms with E-state index in [1.165, 1.54) is 16.4 Å². The van der Waals surface area contributed by atoms with Crippen molar-refractivity contribution in [2.45, 2.75) is 36.0 Å². The first-order valence-electron chi connectivity index (χ1n) is 15.2. The molecule has 1 amide bonds. The van der Waals surface area contributed by atoms with E-state index in [0.29, 0.717) is 57.2 Å². The van der Waals surface area contributed by atoms with Crippen LogP contribution in [0, 0.1) is 0 Å². The number of hydrazine groups is 1. The van der Waals surface area contributed by atoms with Crippen LogP contribution in [0.2, 0.25) is 0 Å². The number of carbonyl (C=O) groups is 1. The van der Waals surface area contributed by atoms with Crippen molar-refractivity contribution in [3.8, 4) is 0 Å². The summed E-state index contributed by atoms with van der Waals surface area (Å²) < 4.78 is 71.4. The smallest absolute Gasteiger partial charge is 0.365 e. The Balaban J connectivity index is 1.05. The van der Waals surface area contributed by atoms with Gasteiger partial charge >= 0.3 is 6.18 Å². The van der Waals surface area contributed by atoms with Gasteiger partial charge in [-0.05, 0) is 44.2 Å². The van der Waals surface area contributed by atoms with E-state index in [9.17, 15) is 26.4 Å². The lowest BCUT2D eigenvalue weighted by atomic mass is 10.2. The van der Waals surface area contributed by atoms with Crippen molar-refractivity contribution in [3.63, 3.8) is 0 Å². The van der Waals surface area contributed by atoms with Crippen molar-refractivity contribution in [3.05, 3.63) is 60.1 Å². The molecule has 6 heterocycles. The number of sulfonamides is 1. The molecule has 3 saturated heterocycles. The minimum atomic E-state index is -4.79. The molecule has 2 N–H and O–H groups in total. The number of likely N-dealkylation sites (N-methyl/N-ethyl adjacent to an activating group) is 1. The minimum absolute atomic E-state index is 0.0556. The normalized spacial score (nSPS) is 23.0. The third-order valence-corrected chi connectivity index (χ3v) is 11.1. The number of carbonyl (C=O) groups excluding carboxylic acids is 1. The number of piperazine rings is 2. The van der Waals surface area contributed by atoms with Crippen molar-refractivity contribution in [2.24, 2.45) is 0 Å². The summed E-state index contributed by atoms with van der Waals surface area (Å²) in [4.78, 5) is 22.9. The van der Waals surface area contributed by atoms with Gasteiger partial charge in [0.15, 0.2) is 5.65 Å². The Morgan fingerprint density at radius 3 is 2.48 bits per heavy atom. The summed E-state index contributed by atoms with van der Waals surface area (Å²) in [6, 6.07) is 7.11. The lowest BCUT2D eigenvalue weighted by Gasteiger charge is -2.41. The molecule has 0 spiro atoms. The zero-order valence-corrected chi connectivity index (χ0v) is 26.0. The van der Waals surface area contributed by atoms with Gasteiger partial charge in [-0.25, -0.2) is 18.4 Å². The van der Waals surface area contributed by atoms with Crippen molar-refractivity contribution in [2.75, 3.05) is 69.6 Å². The van der Waals surface area contributed by atoms with Crippen molar-refractivity contribution in [1.29, 1.82) is 0 Å². The van der Waals surface area contributed by atoms with E-state index in [1.807, 2.05) is 35.2 Å². The molecule has 2 atom stereocenters. The number of anilines is 2. The van der Waals surface area contributed by atoms with Gasteiger partial charge in [0, 0.05) is 63.7 Å². The van der Waals surface area contributed by atoms with Crippen molar-refractivity contribution in [1.82, 2.24) is 39.1 Å². The number of fused-ring (bicyclic) bond motifs is 3. The topological polar surface area (TPSA) is 122 Å². The highest BCUT2D eigenvalue weighted by molar-refractivity contribution is 7.89. The van der Waals surface area contributed by atoms with E-state index in [2.05, 4.69) is 20.7 Å². The highest BCUT2D eigenvalue weighted by atomic mass is 32.2. The predicted octanol–water partition coefficient (Wildman–Crippen LogP) is 1.64. The average Bonchev–Trinajstić information content (AvgIpc) is 3.72. The standard InChI is InChI=1S/C29H35F3N10O3S/c1-37-11-13-38(14-12-37)26(43)19-40-16-20(15-33-40)34-28-35-27-24(6-4-10-41(27)36-28)39-17-21-8-9-22(18-39)42(21)46(44,45)25-7-3-2-5-23(25)29(30,31)32/h2-7,10,16,21-22,33H,8-9,11-15,17-19H2,1H3,(H,34,36). The predicted molar refractivity (Wildman–Crippen MR) is 163 cm³/mol. The molecule has 17 heteroatoms.